The molecule has 0 saturated carbocycles. The Labute approximate surface area is 129 Å². The van der Waals surface area contributed by atoms with Gasteiger partial charge in [-0.3, -0.25) is 4.57 Å². The van der Waals surface area contributed by atoms with E-state index in [-0.39, 0.29) is 5.82 Å². The van der Waals surface area contributed by atoms with E-state index in [2.05, 4.69) is 31.4 Å². The minimum absolute atomic E-state index is 0.250. The fourth-order valence-corrected chi connectivity index (χ4v) is 2.46. The van der Waals surface area contributed by atoms with E-state index in [0.29, 0.717) is 6.54 Å². The van der Waals surface area contributed by atoms with E-state index < -0.39 is 0 Å². The maximum Gasteiger partial charge on any atom is 0.124 e. The second-order valence-corrected chi connectivity index (χ2v) is 5.36. The van der Waals surface area contributed by atoms with Gasteiger partial charge >= 0.3 is 0 Å². The predicted molar refractivity (Wildman–Crippen MR) is 82.8 cm³/mol. The molecule has 1 heterocycles. The van der Waals surface area contributed by atoms with Crippen LogP contribution in [0.4, 0.5) is 10.1 Å². The zero-order valence-corrected chi connectivity index (χ0v) is 12.6. The summed E-state index contributed by atoms with van der Waals surface area (Å²) in [6.45, 7) is 0.604. The molecular weight excluding hydrogens is 335 g/mol. The maximum absolute atomic E-state index is 13.1. The summed E-state index contributed by atoms with van der Waals surface area (Å²) in [5, 5.41) is 10.9. The minimum Gasteiger partial charge on any atom is -0.381 e. The van der Waals surface area contributed by atoms with Crippen LogP contribution in [0, 0.1) is 5.82 Å². The molecule has 0 aliphatic rings. The molecule has 0 spiro atoms. The molecular formula is C15H12BrFN4. The lowest BCUT2D eigenvalue weighted by Crippen LogP contribution is -2.01. The van der Waals surface area contributed by atoms with Gasteiger partial charge in [-0.05, 0) is 35.9 Å². The van der Waals surface area contributed by atoms with E-state index in [1.165, 1.54) is 12.1 Å². The van der Waals surface area contributed by atoms with Crippen molar-refractivity contribution >= 4 is 21.6 Å². The largest absolute Gasteiger partial charge is 0.381 e. The summed E-state index contributed by atoms with van der Waals surface area (Å²) in [5.41, 5.74) is 2.94. The third-order valence-corrected chi connectivity index (χ3v) is 3.80. The van der Waals surface area contributed by atoms with Crippen LogP contribution in [0.1, 0.15) is 5.56 Å². The molecule has 0 atom stereocenters. The van der Waals surface area contributed by atoms with Crippen molar-refractivity contribution in [3.05, 3.63) is 71.0 Å². The van der Waals surface area contributed by atoms with Crippen molar-refractivity contribution in [2.75, 3.05) is 5.32 Å². The second-order valence-electron chi connectivity index (χ2n) is 4.51. The molecule has 0 radical (unpaired) electrons. The van der Waals surface area contributed by atoms with Crippen LogP contribution in [0.25, 0.3) is 5.69 Å². The average Bonchev–Trinajstić information content (AvgIpc) is 3.01. The molecule has 0 bridgehead atoms. The van der Waals surface area contributed by atoms with Crippen molar-refractivity contribution < 1.29 is 4.39 Å². The number of rotatable bonds is 4. The molecule has 4 nitrogen and oxygen atoms in total. The van der Waals surface area contributed by atoms with Gasteiger partial charge in [0.25, 0.3) is 0 Å². The first kappa shape index (κ1) is 13.8. The molecule has 1 aromatic heterocycles. The summed E-state index contributed by atoms with van der Waals surface area (Å²) in [6.07, 6.45) is 3.30. The highest BCUT2D eigenvalue weighted by Crippen LogP contribution is 2.20. The SMILES string of the molecule is Fc1ccc(CNc2cccc(-n3cnnc3)c2)c(Br)c1. The van der Waals surface area contributed by atoms with Crippen LogP contribution >= 0.6 is 15.9 Å². The van der Waals surface area contributed by atoms with Crippen LogP contribution < -0.4 is 5.32 Å². The van der Waals surface area contributed by atoms with Crippen molar-refractivity contribution in [3.8, 4) is 5.69 Å². The number of nitrogens with one attached hydrogen (secondary N) is 1. The number of nitrogens with zero attached hydrogens (tertiary/aromatic N) is 3. The van der Waals surface area contributed by atoms with Crippen LogP contribution in [0.15, 0.2) is 59.6 Å². The topological polar surface area (TPSA) is 42.7 Å². The molecule has 0 amide bonds. The van der Waals surface area contributed by atoms with Crippen molar-refractivity contribution in [3.63, 3.8) is 0 Å². The van der Waals surface area contributed by atoms with E-state index in [0.717, 1.165) is 21.4 Å². The van der Waals surface area contributed by atoms with Gasteiger partial charge in [-0.15, -0.1) is 10.2 Å². The number of halogens is 2. The molecule has 0 fully saturated rings. The standard InChI is InChI=1S/C15H12BrFN4/c16-15-6-12(17)5-4-11(15)8-18-13-2-1-3-14(7-13)21-9-19-20-10-21/h1-7,9-10,18H,8H2. The highest BCUT2D eigenvalue weighted by molar-refractivity contribution is 9.10. The Balaban J connectivity index is 1.75. The lowest BCUT2D eigenvalue weighted by molar-refractivity contribution is 0.626. The molecule has 21 heavy (non-hydrogen) atoms. The Morgan fingerprint density at radius 3 is 2.67 bits per heavy atom. The zero-order chi connectivity index (χ0) is 14.7. The van der Waals surface area contributed by atoms with Crippen LogP contribution in [0.5, 0.6) is 0 Å². The van der Waals surface area contributed by atoms with Gasteiger partial charge in [0, 0.05) is 16.7 Å². The molecule has 1 N–H and O–H groups in total. The monoisotopic (exact) mass is 346 g/mol. The smallest absolute Gasteiger partial charge is 0.124 e. The molecule has 2 aromatic carbocycles. The predicted octanol–water partition coefficient (Wildman–Crippen LogP) is 3.78. The summed E-state index contributed by atoms with van der Waals surface area (Å²) >= 11 is 3.37. The Kier molecular flexibility index (Phi) is 3.96. The summed E-state index contributed by atoms with van der Waals surface area (Å²) in [7, 11) is 0. The van der Waals surface area contributed by atoms with Gasteiger partial charge in [0.15, 0.2) is 0 Å². The molecule has 0 aliphatic carbocycles. The molecule has 106 valence electrons. The normalized spacial score (nSPS) is 10.6. The number of hydrogen-bond donors (Lipinski definition) is 1. The van der Waals surface area contributed by atoms with Crippen LogP contribution in [-0.2, 0) is 6.54 Å². The number of anilines is 1. The van der Waals surface area contributed by atoms with E-state index in [1.807, 2.05) is 28.8 Å². The van der Waals surface area contributed by atoms with Gasteiger partial charge in [0.05, 0.1) is 5.69 Å². The molecule has 6 heteroatoms. The highest BCUT2D eigenvalue weighted by Gasteiger charge is 2.03. The lowest BCUT2D eigenvalue weighted by atomic mass is 10.2. The minimum atomic E-state index is -0.250. The van der Waals surface area contributed by atoms with Gasteiger partial charge in [-0.25, -0.2) is 4.39 Å². The van der Waals surface area contributed by atoms with Crippen LogP contribution in [0.2, 0.25) is 0 Å². The lowest BCUT2D eigenvalue weighted by Gasteiger charge is -2.10. The van der Waals surface area contributed by atoms with Crippen molar-refractivity contribution in [2.45, 2.75) is 6.54 Å². The number of benzene rings is 2. The first-order valence-corrected chi connectivity index (χ1v) is 7.14. The van der Waals surface area contributed by atoms with Gasteiger partial charge < -0.3 is 5.32 Å². The van der Waals surface area contributed by atoms with Gasteiger partial charge in [-0.1, -0.05) is 28.1 Å². The Hall–Kier alpha value is -2.21. The zero-order valence-electron chi connectivity index (χ0n) is 11.0. The molecule has 0 aliphatic heterocycles. The van der Waals surface area contributed by atoms with Gasteiger partial charge in [-0.2, -0.15) is 0 Å². The van der Waals surface area contributed by atoms with Gasteiger partial charge in [0.2, 0.25) is 0 Å². The maximum atomic E-state index is 13.1. The van der Waals surface area contributed by atoms with Crippen molar-refractivity contribution in [1.82, 2.24) is 14.8 Å². The fraction of sp³-hybridized carbons (Fsp3) is 0.0667. The number of hydrogen-bond acceptors (Lipinski definition) is 3. The number of aromatic nitrogens is 3. The first-order chi connectivity index (χ1) is 10.2. The van der Waals surface area contributed by atoms with E-state index in [9.17, 15) is 4.39 Å². The van der Waals surface area contributed by atoms with E-state index >= 15 is 0 Å². The summed E-state index contributed by atoms with van der Waals surface area (Å²) < 4.78 is 15.6. The second kappa shape index (κ2) is 6.05. The highest BCUT2D eigenvalue weighted by atomic mass is 79.9. The quantitative estimate of drug-likeness (QED) is 0.781. The van der Waals surface area contributed by atoms with Crippen molar-refractivity contribution in [1.29, 1.82) is 0 Å². The third-order valence-electron chi connectivity index (χ3n) is 3.06. The molecule has 0 saturated heterocycles. The van der Waals surface area contributed by atoms with Crippen LogP contribution in [-0.4, -0.2) is 14.8 Å². The van der Waals surface area contributed by atoms with Crippen molar-refractivity contribution in [2.24, 2.45) is 0 Å². The van der Waals surface area contributed by atoms with Gasteiger partial charge in [0.1, 0.15) is 18.5 Å². The van der Waals surface area contributed by atoms with Crippen LogP contribution in [0.3, 0.4) is 0 Å². The third kappa shape index (κ3) is 3.28. The molecule has 3 rings (SSSR count). The average molecular weight is 347 g/mol. The Bertz CT molecular complexity index is 743. The van der Waals surface area contributed by atoms with E-state index in [1.54, 1.807) is 18.7 Å². The summed E-state index contributed by atoms with van der Waals surface area (Å²) in [5.74, 6) is -0.250. The summed E-state index contributed by atoms with van der Waals surface area (Å²) in [6, 6.07) is 12.6. The first-order valence-electron chi connectivity index (χ1n) is 6.35. The fourth-order valence-electron chi connectivity index (χ4n) is 1.97. The Morgan fingerprint density at radius 1 is 1.10 bits per heavy atom. The molecule has 0 unspecified atom stereocenters. The Morgan fingerprint density at radius 2 is 1.90 bits per heavy atom. The summed E-state index contributed by atoms with van der Waals surface area (Å²) in [4.78, 5) is 0. The van der Waals surface area contributed by atoms with E-state index in [4.69, 9.17) is 0 Å². The molecule has 3 aromatic rings.